The molecule has 3 nitrogen and oxygen atoms in total. The van der Waals surface area contributed by atoms with Gasteiger partial charge in [0, 0.05) is 16.0 Å². The molecule has 0 spiro atoms. The lowest BCUT2D eigenvalue weighted by molar-refractivity contribution is 0.546. The molecule has 2 aromatic rings. The second-order valence-corrected chi connectivity index (χ2v) is 8.59. The van der Waals surface area contributed by atoms with Crippen LogP contribution in [0.2, 0.25) is 5.02 Å². The standard InChI is InChI=1S/C16H16ClNO2S2/c1-11-2-5-13(6-3-11)22(19,20)18-15-8-9-21-16-7-4-12(17)10-14(15)16/h2-7,10,15,18H,8-9H2,1H3/t15-/m0/s1. The van der Waals surface area contributed by atoms with Crippen LogP contribution < -0.4 is 4.72 Å². The number of hydrogen-bond acceptors (Lipinski definition) is 3. The number of fused-ring (bicyclic) bond motifs is 1. The first-order valence-corrected chi connectivity index (χ1v) is 9.82. The van der Waals surface area contributed by atoms with Gasteiger partial charge in [0.2, 0.25) is 10.0 Å². The fourth-order valence-electron chi connectivity index (χ4n) is 2.46. The molecule has 116 valence electrons. The van der Waals surface area contributed by atoms with E-state index in [1.807, 2.05) is 25.1 Å². The Hall–Kier alpha value is -1.01. The third kappa shape index (κ3) is 3.33. The SMILES string of the molecule is Cc1ccc(S(=O)(=O)N[C@H]2CCSc3ccc(Cl)cc32)cc1. The zero-order chi connectivity index (χ0) is 15.7. The molecule has 2 aromatic carbocycles. The van der Waals surface area contributed by atoms with Gasteiger partial charge >= 0.3 is 0 Å². The van der Waals surface area contributed by atoms with Crippen LogP contribution in [0.1, 0.15) is 23.6 Å². The predicted molar refractivity (Wildman–Crippen MR) is 91.0 cm³/mol. The van der Waals surface area contributed by atoms with E-state index in [-0.39, 0.29) is 6.04 Å². The summed E-state index contributed by atoms with van der Waals surface area (Å²) in [5, 5.41) is 0.626. The van der Waals surface area contributed by atoms with E-state index in [0.717, 1.165) is 28.2 Å². The van der Waals surface area contributed by atoms with Gasteiger partial charge in [0.15, 0.2) is 0 Å². The number of hydrogen-bond donors (Lipinski definition) is 1. The maximum absolute atomic E-state index is 12.6. The van der Waals surface area contributed by atoms with Crippen molar-refractivity contribution in [3.63, 3.8) is 0 Å². The molecule has 0 aromatic heterocycles. The highest BCUT2D eigenvalue weighted by Gasteiger charge is 2.26. The summed E-state index contributed by atoms with van der Waals surface area (Å²) in [5.41, 5.74) is 1.99. The van der Waals surface area contributed by atoms with Gasteiger partial charge in [-0.3, -0.25) is 0 Å². The molecule has 1 atom stereocenters. The molecule has 0 saturated carbocycles. The molecule has 1 aliphatic rings. The van der Waals surface area contributed by atoms with Crippen molar-refractivity contribution in [1.82, 2.24) is 4.72 Å². The van der Waals surface area contributed by atoms with Gasteiger partial charge < -0.3 is 0 Å². The Balaban J connectivity index is 1.91. The molecular weight excluding hydrogens is 338 g/mol. The first-order chi connectivity index (χ1) is 10.5. The van der Waals surface area contributed by atoms with Crippen LogP contribution in [0.15, 0.2) is 52.3 Å². The van der Waals surface area contributed by atoms with Crippen molar-refractivity contribution >= 4 is 33.4 Å². The molecule has 0 amide bonds. The van der Waals surface area contributed by atoms with E-state index in [1.54, 1.807) is 36.0 Å². The van der Waals surface area contributed by atoms with Crippen molar-refractivity contribution in [1.29, 1.82) is 0 Å². The Morgan fingerprint density at radius 3 is 2.64 bits per heavy atom. The fourth-order valence-corrected chi connectivity index (χ4v) is 5.00. The van der Waals surface area contributed by atoms with Gasteiger partial charge in [-0.1, -0.05) is 29.3 Å². The molecule has 0 fully saturated rings. The average Bonchev–Trinajstić information content (AvgIpc) is 2.48. The quantitative estimate of drug-likeness (QED) is 0.901. The van der Waals surface area contributed by atoms with E-state index in [4.69, 9.17) is 11.6 Å². The average molecular weight is 354 g/mol. The Bertz CT molecular complexity index is 788. The van der Waals surface area contributed by atoms with Crippen LogP contribution in [-0.2, 0) is 10.0 Å². The normalized spacial score (nSPS) is 18.0. The summed E-state index contributed by atoms with van der Waals surface area (Å²) in [6.45, 7) is 1.93. The molecule has 1 aliphatic heterocycles. The van der Waals surface area contributed by atoms with Gasteiger partial charge in [0.1, 0.15) is 0 Å². The summed E-state index contributed by atoms with van der Waals surface area (Å²) in [7, 11) is -3.53. The van der Waals surface area contributed by atoms with E-state index in [0.29, 0.717) is 9.92 Å². The maximum Gasteiger partial charge on any atom is 0.241 e. The first kappa shape index (κ1) is 15.9. The number of sulfonamides is 1. The van der Waals surface area contributed by atoms with Gasteiger partial charge in [0.05, 0.1) is 4.90 Å². The van der Waals surface area contributed by atoms with Gasteiger partial charge in [-0.15, -0.1) is 11.8 Å². The van der Waals surface area contributed by atoms with Crippen LogP contribution >= 0.6 is 23.4 Å². The monoisotopic (exact) mass is 353 g/mol. The van der Waals surface area contributed by atoms with Crippen molar-refractivity contribution in [2.75, 3.05) is 5.75 Å². The topological polar surface area (TPSA) is 46.2 Å². The lowest BCUT2D eigenvalue weighted by atomic mass is 10.1. The third-order valence-corrected chi connectivity index (χ3v) is 6.49. The molecule has 0 bridgehead atoms. The fraction of sp³-hybridized carbons (Fsp3) is 0.250. The molecule has 3 rings (SSSR count). The highest BCUT2D eigenvalue weighted by Crippen LogP contribution is 2.38. The summed E-state index contributed by atoms with van der Waals surface area (Å²) in [5.74, 6) is 0.885. The lowest BCUT2D eigenvalue weighted by Gasteiger charge is -2.26. The van der Waals surface area contributed by atoms with E-state index < -0.39 is 10.0 Å². The largest absolute Gasteiger partial charge is 0.241 e. The Kier molecular flexibility index (Phi) is 4.50. The van der Waals surface area contributed by atoms with Crippen LogP contribution in [0.3, 0.4) is 0 Å². The number of benzene rings is 2. The van der Waals surface area contributed by atoms with Crippen LogP contribution in [0.5, 0.6) is 0 Å². The number of rotatable bonds is 3. The lowest BCUT2D eigenvalue weighted by Crippen LogP contribution is -2.30. The smallest absolute Gasteiger partial charge is 0.207 e. The molecule has 0 aliphatic carbocycles. The summed E-state index contributed by atoms with van der Waals surface area (Å²) in [6.07, 6.45) is 0.753. The van der Waals surface area contributed by atoms with E-state index >= 15 is 0 Å². The zero-order valence-corrected chi connectivity index (χ0v) is 14.4. The molecular formula is C16H16ClNO2S2. The van der Waals surface area contributed by atoms with Crippen molar-refractivity contribution < 1.29 is 8.42 Å². The van der Waals surface area contributed by atoms with Crippen molar-refractivity contribution in [3.8, 4) is 0 Å². The molecule has 1 N–H and O–H groups in total. The molecule has 1 heterocycles. The molecule has 0 radical (unpaired) electrons. The van der Waals surface area contributed by atoms with Crippen LogP contribution in [0, 0.1) is 6.92 Å². The summed E-state index contributed by atoms with van der Waals surface area (Å²) in [4.78, 5) is 1.38. The zero-order valence-electron chi connectivity index (χ0n) is 12.0. The van der Waals surface area contributed by atoms with Crippen LogP contribution in [0.4, 0.5) is 0 Å². The van der Waals surface area contributed by atoms with E-state index in [2.05, 4.69) is 4.72 Å². The van der Waals surface area contributed by atoms with Gasteiger partial charge in [0.25, 0.3) is 0 Å². The number of thioether (sulfide) groups is 1. The highest BCUT2D eigenvalue weighted by molar-refractivity contribution is 7.99. The second kappa shape index (κ2) is 6.24. The molecule has 0 saturated heterocycles. The first-order valence-electron chi connectivity index (χ1n) is 6.97. The van der Waals surface area contributed by atoms with Gasteiger partial charge in [-0.05, 0) is 55.0 Å². The summed E-state index contributed by atoms with van der Waals surface area (Å²) >= 11 is 7.79. The summed E-state index contributed by atoms with van der Waals surface area (Å²) in [6, 6.07) is 12.3. The van der Waals surface area contributed by atoms with E-state index in [1.165, 1.54) is 0 Å². The molecule has 22 heavy (non-hydrogen) atoms. The maximum atomic E-state index is 12.6. The van der Waals surface area contributed by atoms with Gasteiger partial charge in [-0.25, -0.2) is 13.1 Å². The van der Waals surface area contributed by atoms with E-state index in [9.17, 15) is 8.42 Å². The van der Waals surface area contributed by atoms with Crippen molar-refractivity contribution in [2.24, 2.45) is 0 Å². The Morgan fingerprint density at radius 2 is 1.91 bits per heavy atom. The van der Waals surface area contributed by atoms with Crippen LogP contribution in [-0.4, -0.2) is 14.2 Å². The third-order valence-electron chi connectivity index (χ3n) is 3.64. The highest BCUT2D eigenvalue weighted by atomic mass is 35.5. The Labute approximate surface area is 140 Å². The van der Waals surface area contributed by atoms with Crippen LogP contribution in [0.25, 0.3) is 0 Å². The summed E-state index contributed by atoms with van der Waals surface area (Å²) < 4.78 is 27.9. The minimum Gasteiger partial charge on any atom is -0.207 e. The molecule has 0 unspecified atom stereocenters. The number of aryl methyl sites for hydroxylation is 1. The minimum atomic E-state index is -3.53. The van der Waals surface area contributed by atoms with Crippen molar-refractivity contribution in [2.45, 2.75) is 29.2 Å². The predicted octanol–water partition coefficient (Wildman–Crippen LogP) is 4.16. The minimum absolute atomic E-state index is 0.235. The number of halogens is 1. The van der Waals surface area contributed by atoms with Crippen molar-refractivity contribution in [3.05, 3.63) is 58.6 Å². The van der Waals surface area contributed by atoms with Gasteiger partial charge in [-0.2, -0.15) is 0 Å². The Morgan fingerprint density at radius 1 is 1.18 bits per heavy atom. The number of nitrogens with one attached hydrogen (secondary N) is 1. The second-order valence-electron chi connectivity index (χ2n) is 5.31. The molecule has 6 heteroatoms.